The van der Waals surface area contributed by atoms with Crippen LogP contribution in [-0.4, -0.2) is 112 Å². The lowest BCUT2D eigenvalue weighted by Crippen LogP contribution is -2.68. The Morgan fingerprint density at radius 2 is 0.959 bits per heavy atom. The lowest BCUT2D eigenvalue weighted by molar-refractivity contribution is -0.224. The molecule has 6 unspecified atom stereocenters. The first-order valence-corrected chi connectivity index (χ1v) is 33.8. The molecule has 6 heterocycles. The number of hydrogen-bond donors (Lipinski definition) is 6. The number of halogens is 7. The third-order valence-corrected chi connectivity index (χ3v) is 22.5. The lowest BCUT2D eigenvalue weighted by atomic mass is 9.32. The van der Waals surface area contributed by atoms with E-state index in [1.54, 1.807) is 13.8 Å². The number of alkyl halides is 3. The number of carboxylic acid groups (broad SMARTS) is 3. The van der Waals surface area contributed by atoms with Crippen LogP contribution in [0.25, 0.3) is 44.9 Å². The molecular weight excluding hydrogens is 1250 g/mol. The van der Waals surface area contributed by atoms with E-state index in [1.807, 2.05) is 60.4 Å². The Labute approximate surface area is 558 Å². The minimum absolute atomic E-state index is 0.0299. The van der Waals surface area contributed by atoms with Crippen LogP contribution >= 0.6 is 0 Å². The van der Waals surface area contributed by atoms with Crippen LogP contribution in [0, 0.1) is 50.8 Å². The van der Waals surface area contributed by atoms with Crippen molar-refractivity contribution >= 4 is 62.8 Å². The number of benzene rings is 5. The molecule has 0 radical (unpaired) electrons. The van der Waals surface area contributed by atoms with Gasteiger partial charge in [0.2, 0.25) is 5.92 Å². The predicted molar refractivity (Wildman–Crippen MR) is 360 cm³/mol. The van der Waals surface area contributed by atoms with Gasteiger partial charge in [-0.1, -0.05) is 67.6 Å². The molecule has 3 aliphatic heterocycles. The second kappa shape index (κ2) is 24.0. The molecule has 8 aromatic rings. The first-order valence-electron chi connectivity index (χ1n) is 33.8. The predicted octanol–water partition coefficient (Wildman–Crippen LogP) is 17.0. The summed E-state index contributed by atoms with van der Waals surface area (Å²) in [7, 11) is 0. The third kappa shape index (κ3) is 12.1. The highest BCUT2D eigenvalue weighted by atomic mass is 19.3. The molecule has 5 aromatic carbocycles. The fourth-order valence-corrected chi connectivity index (χ4v) is 19.3. The zero-order valence-corrected chi connectivity index (χ0v) is 55.2. The van der Waals surface area contributed by atoms with Crippen molar-refractivity contribution in [2.24, 2.45) is 27.6 Å². The van der Waals surface area contributed by atoms with Crippen LogP contribution in [0.5, 0.6) is 0 Å². The molecule has 10 aliphatic rings. The first kappa shape index (κ1) is 66.0. The first-order chi connectivity index (χ1) is 45.9. The van der Waals surface area contributed by atoms with Gasteiger partial charge in [-0.15, -0.1) is 0 Å². The molecule has 7 fully saturated rings. The summed E-state index contributed by atoms with van der Waals surface area (Å²) in [5.41, 5.74) is 8.97. The number of H-pyrrole nitrogens is 3. The number of para-hydroxylation sites is 3. The largest absolute Gasteiger partial charge is 0.478 e. The van der Waals surface area contributed by atoms with Gasteiger partial charge in [0, 0.05) is 130 Å². The van der Waals surface area contributed by atoms with E-state index >= 15 is 17.6 Å². The molecule has 0 amide bonds. The smallest absolute Gasteiger partial charge is 0.328 e. The Kier molecular flexibility index (Phi) is 16.4. The summed E-state index contributed by atoms with van der Waals surface area (Å²) in [6.07, 6.45) is 15.6. The molecule has 7 aliphatic carbocycles. The summed E-state index contributed by atoms with van der Waals surface area (Å²) in [6.45, 7) is 13.5. The Morgan fingerprint density at radius 1 is 0.567 bits per heavy atom. The minimum Gasteiger partial charge on any atom is -0.478 e. The van der Waals surface area contributed by atoms with Crippen LogP contribution in [0.2, 0.25) is 0 Å². The summed E-state index contributed by atoms with van der Waals surface area (Å²) >= 11 is 0. The van der Waals surface area contributed by atoms with Gasteiger partial charge in [-0.25, -0.2) is 45.1 Å². The van der Waals surface area contributed by atoms with Crippen molar-refractivity contribution < 1.29 is 60.4 Å². The number of nitrogens with zero attached hydrogens (tertiary/aromatic N) is 3. The molecule has 0 saturated heterocycles. The van der Waals surface area contributed by atoms with Crippen LogP contribution < -0.4 is 0 Å². The van der Waals surface area contributed by atoms with E-state index in [-0.39, 0.29) is 81.4 Å². The maximum absolute atomic E-state index is 15.6. The number of fused-ring (bicyclic) bond motifs is 9. The number of aromatic amines is 3. The Morgan fingerprint density at radius 3 is 1.37 bits per heavy atom. The molecule has 19 heteroatoms. The molecule has 0 spiro atoms. The lowest BCUT2D eigenvalue weighted by Gasteiger charge is -2.74. The number of aliphatic carboxylic acids is 3. The number of nitrogens with one attached hydrogen (secondary N) is 3. The van der Waals surface area contributed by atoms with E-state index < -0.39 is 64.9 Å². The van der Waals surface area contributed by atoms with Gasteiger partial charge < -0.3 is 30.3 Å². The Balaban J connectivity index is 0.000000125. The SMILES string of the molecule is CC1Cc2c([nH]c3ccccc23)C(C23CC(/C=C/C(=O)O)(C2)C3)N1CC(C)(C)F.CC1Cc2c([nH]c3ccccc23)C(c2c(F)cc(/C=C/C(=O)O)cc2F)N1CC12CC(C)(C1)C2.CC1Cc2c([nH]c3ccccc23)C(c2c(F)cc(/C=C/C(=O)O)cc2F)N1CC1CC(F)(F)C1. The van der Waals surface area contributed by atoms with Crippen LogP contribution in [0.1, 0.15) is 167 Å². The maximum Gasteiger partial charge on any atom is 0.328 e. The van der Waals surface area contributed by atoms with Crippen molar-refractivity contribution in [1.82, 2.24) is 29.7 Å². The number of allylic oxidation sites excluding steroid dienone is 1. The Hall–Kier alpha value is -8.26. The van der Waals surface area contributed by atoms with Crippen LogP contribution in [-0.2, 0) is 33.6 Å². The van der Waals surface area contributed by atoms with Gasteiger partial charge >= 0.3 is 17.9 Å². The minimum atomic E-state index is -2.68. The number of carbonyl (C=O) groups is 3. The summed E-state index contributed by atoms with van der Waals surface area (Å²) in [5, 5.41) is 30.1. The Bertz CT molecular complexity index is 4470. The van der Waals surface area contributed by atoms with Crippen molar-refractivity contribution in [2.45, 2.75) is 160 Å². The van der Waals surface area contributed by atoms with Crippen molar-refractivity contribution in [3.05, 3.63) is 201 Å². The van der Waals surface area contributed by atoms with Gasteiger partial charge in [0.05, 0.1) is 18.1 Å². The van der Waals surface area contributed by atoms with E-state index in [9.17, 15) is 27.6 Å². The molecular formula is C78H81F7N6O6. The number of rotatable bonds is 15. The average Bonchev–Trinajstić information content (AvgIpc) is 1.20. The fourth-order valence-electron chi connectivity index (χ4n) is 19.3. The third-order valence-electron chi connectivity index (χ3n) is 22.5. The van der Waals surface area contributed by atoms with E-state index in [0.29, 0.717) is 30.6 Å². The fraction of sp³-hybridized carbons (Fsp3) is 0.423. The maximum atomic E-state index is 15.6. The molecule has 6 N–H and O–H groups in total. The van der Waals surface area contributed by atoms with Crippen molar-refractivity contribution in [3.63, 3.8) is 0 Å². The van der Waals surface area contributed by atoms with E-state index in [0.717, 1.165) is 113 Å². The summed E-state index contributed by atoms with van der Waals surface area (Å²) in [5.74, 6) is -9.12. The van der Waals surface area contributed by atoms with Gasteiger partial charge in [-0.05, 0) is 202 Å². The van der Waals surface area contributed by atoms with Crippen LogP contribution in [0.4, 0.5) is 30.7 Å². The van der Waals surface area contributed by atoms with Crippen molar-refractivity contribution in [2.75, 3.05) is 19.6 Å². The normalized spacial score (nSPS) is 28.8. The van der Waals surface area contributed by atoms with E-state index in [2.05, 4.69) is 75.9 Å². The number of aromatic nitrogens is 3. The summed E-state index contributed by atoms with van der Waals surface area (Å²) < 4.78 is 104. The molecule has 18 rings (SSSR count). The van der Waals surface area contributed by atoms with E-state index in [1.165, 1.54) is 60.2 Å². The second-order valence-corrected chi connectivity index (χ2v) is 30.9. The quantitative estimate of drug-likeness (QED) is 0.0432. The number of carboxylic acids is 3. The highest BCUT2D eigenvalue weighted by molar-refractivity contribution is 5.89. The molecule has 4 bridgehead atoms. The van der Waals surface area contributed by atoms with E-state index in [4.69, 9.17) is 15.3 Å². The molecule has 97 heavy (non-hydrogen) atoms. The summed E-state index contributed by atoms with van der Waals surface area (Å²) in [4.78, 5) is 49.7. The molecule has 508 valence electrons. The van der Waals surface area contributed by atoms with Crippen LogP contribution in [0.15, 0.2) is 121 Å². The monoisotopic (exact) mass is 1330 g/mol. The van der Waals surface area contributed by atoms with Gasteiger partial charge in [0.25, 0.3) is 0 Å². The van der Waals surface area contributed by atoms with Crippen LogP contribution in [0.3, 0.4) is 0 Å². The van der Waals surface area contributed by atoms with Crippen molar-refractivity contribution in [1.29, 1.82) is 0 Å². The molecule has 6 atom stereocenters. The topological polar surface area (TPSA) is 169 Å². The van der Waals surface area contributed by atoms with Gasteiger partial charge in [0.15, 0.2) is 0 Å². The number of hydrogen-bond acceptors (Lipinski definition) is 6. The van der Waals surface area contributed by atoms with Crippen molar-refractivity contribution in [3.8, 4) is 0 Å². The molecule has 12 nitrogen and oxygen atoms in total. The second-order valence-electron chi connectivity index (χ2n) is 30.9. The molecule has 7 saturated carbocycles. The standard InChI is InChI=1S/C28H28F2N2O2.C26H24F4N2O2.C24H29FN2O2/c1-16-9-19-18-5-3-4-6-22(18)31-25(19)26(32(16)15-28-12-27(2,13-28)14-28)24-20(29)10-17(11-21(24)30)7-8-23(33)34;1-14-8-18-17-4-2-3-5-21(17)31-24(18)25(32(14)13-16-11-26(29,30)12-16)23-19(27)9-15(10-20(23)28)6-7-22(33)34;1-15-10-17-16-6-4-5-7-18(16)26-20(17)21(27(15)14-22(2,3)25)24-11-23(12-24,13-24)9-8-19(28)29/h3-8,10-11,16,26,31H,9,12-15H2,1-2H3,(H,33,34);2-7,9-10,14,16,25,31H,8,11-13H2,1H3,(H,33,34);4-9,15,21,26H,10-14H2,1-3H3,(H,28,29)/b8-7+;7-6+;9-8+. The highest BCUT2D eigenvalue weighted by Crippen LogP contribution is 2.79. The highest BCUT2D eigenvalue weighted by Gasteiger charge is 2.71. The van der Waals surface area contributed by atoms with Gasteiger partial charge in [-0.2, -0.15) is 0 Å². The van der Waals surface area contributed by atoms with Gasteiger partial charge in [-0.3, -0.25) is 14.7 Å². The molecule has 3 aromatic heterocycles. The average molecular weight is 1330 g/mol. The zero-order chi connectivity index (χ0) is 68.6. The summed E-state index contributed by atoms with van der Waals surface area (Å²) in [6, 6.07) is 27.8. The van der Waals surface area contributed by atoms with Gasteiger partial charge in [0.1, 0.15) is 28.9 Å². The zero-order valence-electron chi connectivity index (χ0n) is 55.2.